The summed E-state index contributed by atoms with van der Waals surface area (Å²) in [6, 6.07) is -0.222. The van der Waals surface area contributed by atoms with E-state index in [4.69, 9.17) is 21.1 Å². The van der Waals surface area contributed by atoms with Crippen molar-refractivity contribution in [2.75, 3.05) is 12.7 Å². The van der Waals surface area contributed by atoms with Crippen molar-refractivity contribution in [3.63, 3.8) is 0 Å². The molecule has 4 aliphatic rings. The van der Waals surface area contributed by atoms with Crippen molar-refractivity contribution in [2.45, 2.75) is 64.7 Å². The molecule has 144 valence electrons. The lowest BCUT2D eigenvalue weighted by atomic mass is 9.48. The highest BCUT2D eigenvalue weighted by Crippen LogP contribution is 2.64. The molecule has 0 unspecified atom stereocenters. The molecule has 0 aromatic carbocycles. The molecule has 0 aromatic heterocycles. The maximum atomic E-state index is 12.9. The van der Waals surface area contributed by atoms with Gasteiger partial charge in [-0.3, -0.25) is 4.79 Å². The third kappa shape index (κ3) is 2.71. The lowest BCUT2D eigenvalue weighted by Gasteiger charge is -2.56. The molecule has 26 heavy (non-hydrogen) atoms. The van der Waals surface area contributed by atoms with Crippen LogP contribution >= 0.6 is 11.6 Å². The van der Waals surface area contributed by atoms with Gasteiger partial charge < -0.3 is 9.47 Å². The molecular weight excluding hydrogens is 352 g/mol. The highest BCUT2D eigenvalue weighted by atomic mass is 35.5. The Kier molecular flexibility index (Phi) is 4.83. The average Bonchev–Trinajstić information content (AvgIpc) is 2.97. The smallest absolute Gasteiger partial charge is 0.433 e. The van der Waals surface area contributed by atoms with E-state index in [9.17, 15) is 9.59 Å². The molecule has 3 fully saturated rings. The number of ether oxygens (including phenoxy) is 2. The second-order valence-electron chi connectivity index (χ2n) is 8.92. The normalized spacial score (nSPS) is 41.5. The van der Waals surface area contributed by atoms with Crippen LogP contribution < -0.4 is 0 Å². The molecule has 0 aromatic rings. The standard InChI is InChI=1S/C21H29ClO4/c1-20-10-3-2-4-14(20)5-6-15-16(20)9-11-21(12-25-19(24)26-13-22)17(15)7-8-18(21)23/h5,15-17H,2-4,6-13H2,1H3/t15-,16+,17+,20+,21-/m1/s1. The van der Waals surface area contributed by atoms with Crippen LogP contribution in [-0.2, 0) is 14.3 Å². The number of Topliss-reactive ketones (excluding diaryl/α,β-unsaturated/α-hetero) is 1. The molecule has 0 spiro atoms. The number of carbonyl (C=O) groups excluding carboxylic acids is 2. The summed E-state index contributed by atoms with van der Waals surface area (Å²) in [6.07, 6.45) is 11.4. The summed E-state index contributed by atoms with van der Waals surface area (Å²) in [5, 5.41) is 0. The van der Waals surface area contributed by atoms with Crippen molar-refractivity contribution in [2.24, 2.45) is 28.6 Å². The molecule has 0 radical (unpaired) electrons. The third-order valence-electron chi connectivity index (χ3n) is 8.08. The maximum absolute atomic E-state index is 12.9. The van der Waals surface area contributed by atoms with Gasteiger partial charge in [-0.25, -0.2) is 4.79 Å². The van der Waals surface area contributed by atoms with Crippen LogP contribution in [0.15, 0.2) is 11.6 Å². The third-order valence-corrected chi connectivity index (χ3v) is 8.19. The molecule has 0 aliphatic heterocycles. The van der Waals surface area contributed by atoms with Crippen LogP contribution in [0.4, 0.5) is 4.79 Å². The first-order chi connectivity index (χ1) is 12.5. The minimum atomic E-state index is -0.764. The van der Waals surface area contributed by atoms with Gasteiger partial charge in [-0.05, 0) is 68.1 Å². The van der Waals surface area contributed by atoms with E-state index in [1.165, 1.54) is 25.7 Å². The van der Waals surface area contributed by atoms with Gasteiger partial charge in [-0.15, -0.1) is 0 Å². The Hall–Kier alpha value is -1.03. The second-order valence-corrected chi connectivity index (χ2v) is 9.13. The van der Waals surface area contributed by atoms with E-state index in [0.29, 0.717) is 29.6 Å². The number of allylic oxidation sites excluding steroid dienone is 2. The second kappa shape index (κ2) is 6.85. The predicted molar refractivity (Wildman–Crippen MR) is 98.8 cm³/mol. The van der Waals surface area contributed by atoms with Gasteiger partial charge in [0.15, 0.2) is 6.07 Å². The fourth-order valence-electron chi connectivity index (χ4n) is 6.82. The summed E-state index contributed by atoms with van der Waals surface area (Å²) < 4.78 is 10.0. The van der Waals surface area contributed by atoms with Crippen LogP contribution in [0.3, 0.4) is 0 Å². The summed E-state index contributed by atoms with van der Waals surface area (Å²) in [6.45, 7) is 2.62. The summed E-state index contributed by atoms with van der Waals surface area (Å²) in [5.74, 6) is 1.81. The molecule has 0 N–H and O–H groups in total. The van der Waals surface area contributed by atoms with Gasteiger partial charge in [-0.1, -0.05) is 36.6 Å². The zero-order chi connectivity index (χ0) is 18.4. The van der Waals surface area contributed by atoms with Gasteiger partial charge in [0.2, 0.25) is 0 Å². The molecule has 0 heterocycles. The number of carbonyl (C=O) groups is 2. The van der Waals surface area contributed by atoms with Gasteiger partial charge in [0.05, 0.1) is 5.41 Å². The fraction of sp³-hybridized carbons (Fsp3) is 0.810. The first-order valence-electron chi connectivity index (χ1n) is 10.1. The Morgan fingerprint density at radius 1 is 1.19 bits per heavy atom. The highest BCUT2D eigenvalue weighted by Gasteiger charge is 2.60. The first kappa shape index (κ1) is 18.3. The number of halogens is 1. The van der Waals surface area contributed by atoms with E-state index >= 15 is 0 Å². The quantitative estimate of drug-likeness (QED) is 0.381. The topological polar surface area (TPSA) is 52.6 Å². The number of hydrogen-bond donors (Lipinski definition) is 0. The Morgan fingerprint density at radius 2 is 2.04 bits per heavy atom. The van der Waals surface area contributed by atoms with E-state index < -0.39 is 11.6 Å². The van der Waals surface area contributed by atoms with Crippen LogP contribution in [-0.4, -0.2) is 24.6 Å². The van der Waals surface area contributed by atoms with Gasteiger partial charge in [0.25, 0.3) is 0 Å². The monoisotopic (exact) mass is 380 g/mol. The highest BCUT2D eigenvalue weighted by molar-refractivity contribution is 6.17. The van der Waals surface area contributed by atoms with Crippen LogP contribution in [0, 0.1) is 28.6 Å². The number of hydrogen-bond acceptors (Lipinski definition) is 4. The van der Waals surface area contributed by atoms with Gasteiger partial charge in [0, 0.05) is 6.42 Å². The Bertz CT molecular complexity index is 630. The number of alkyl halides is 1. The molecule has 4 nitrogen and oxygen atoms in total. The largest absolute Gasteiger partial charge is 0.509 e. The summed E-state index contributed by atoms with van der Waals surface area (Å²) >= 11 is 5.43. The lowest BCUT2D eigenvalue weighted by molar-refractivity contribution is -0.138. The van der Waals surface area contributed by atoms with Crippen LogP contribution in [0.1, 0.15) is 64.7 Å². The number of rotatable bonds is 3. The van der Waals surface area contributed by atoms with Crippen LogP contribution in [0.2, 0.25) is 0 Å². The molecule has 5 heteroatoms. The van der Waals surface area contributed by atoms with Crippen LogP contribution in [0.5, 0.6) is 0 Å². The average molecular weight is 381 g/mol. The molecule has 3 saturated carbocycles. The minimum Gasteiger partial charge on any atom is -0.433 e. The van der Waals surface area contributed by atoms with Crippen LogP contribution in [0.25, 0.3) is 0 Å². The first-order valence-corrected chi connectivity index (χ1v) is 10.6. The maximum Gasteiger partial charge on any atom is 0.509 e. The minimum absolute atomic E-state index is 0.155. The number of fused-ring (bicyclic) bond motifs is 5. The zero-order valence-electron chi connectivity index (χ0n) is 15.6. The van der Waals surface area contributed by atoms with Crippen molar-refractivity contribution in [1.82, 2.24) is 0 Å². The van der Waals surface area contributed by atoms with E-state index in [0.717, 1.165) is 25.7 Å². The molecule has 5 atom stereocenters. The Morgan fingerprint density at radius 3 is 2.85 bits per heavy atom. The van der Waals surface area contributed by atoms with E-state index in [2.05, 4.69) is 13.0 Å². The fourth-order valence-corrected chi connectivity index (χ4v) is 6.91. The van der Waals surface area contributed by atoms with Gasteiger partial charge in [-0.2, -0.15) is 0 Å². The van der Waals surface area contributed by atoms with E-state index in [1.807, 2.05) is 0 Å². The molecule has 0 saturated heterocycles. The molecule has 4 aliphatic carbocycles. The Balaban J connectivity index is 1.58. The Labute approximate surface area is 160 Å². The molecule has 0 amide bonds. The summed E-state index contributed by atoms with van der Waals surface area (Å²) in [7, 11) is 0. The van der Waals surface area contributed by atoms with E-state index in [-0.39, 0.29) is 18.5 Å². The van der Waals surface area contributed by atoms with E-state index in [1.54, 1.807) is 5.57 Å². The SMILES string of the molecule is C[C@]12CCCCC1=CC[C@H]1[C@@H]3CCC(=O)[C@@]3(COC(=O)OCCl)CC[C@@H]12. The lowest BCUT2D eigenvalue weighted by Crippen LogP contribution is -2.52. The van der Waals surface area contributed by atoms with Crippen molar-refractivity contribution < 1.29 is 19.1 Å². The summed E-state index contributed by atoms with van der Waals surface area (Å²) in [5.41, 5.74) is 1.49. The molecule has 0 bridgehead atoms. The van der Waals surface area contributed by atoms with Crippen molar-refractivity contribution in [3.05, 3.63) is 11.6 Å². The van der Waals surface area contributed by atoms with Gasteiger partial charge >= 0.3 is 6.16 Å². The molecular formula is C21H29ClO4. The number of ketones is 1. The van der Waals surface area contributed by atoms with Crippen molar-refractivity contribution in [1.29, 1.82) is 0 Å². The molecule has 4 rings (SSSR count). The van der Waals surface area contributed by atoms with Gasteiger partial charge in [0.1, 0.15) is 12.4 Å². The zero-order valence-corrected chi connectivity index (χ0v) is 16.4. The van der Waals surface area contributed by atoms with Crippen molar-refractivity contribution in [3.8, 4) is 0 Å². The van der Waals surface area contributed by atoms with Crippen molar-refractivity contribution >= 4 is 23.5 Å². The predicted octanol–water partition coefficient (Wildman–Crippen LogP) is 5.24. The summed E-state index contributed by atoms with van der Waals surface area (Å²) in [4.78, 5) is 24.5.